The van der Waals surface area contributed by atoms with Crippen LogP contribution in [0.15, 0.2) is 12.7 Å². The molecule has 0 radical (unpaired) electrons. The van der Waals surface area contributed by atoms with Gasteiger partial charge in [0.25, 0.3) is 0 Å². The van der Waals surface area contributed by atoms with Crippen molar-refractivity contribution in [3.8, 4) is 0 Å². The van der Waals surface area contributed by atoms with Crippen LogP contribution in [0.5, 0.6) is 0 Å². The number of halogens is 7. The van der Waals surface area contributed by atoms with Gasteiger partial charge in [-0.05, 0) is 6.42 Å². The summed E-state index contributed by atoms with van der Waals surface area (Å²) in [6.45, 7) is 2.14. The zero-order valence-electron chi connectivity index (χ0n) is 14.5. The van der Waals surface area contributed by atoms with Gasteiger partial charge in [0.1, 0.15) is 0 Å². The van der Waals surface area contributed by atoms with E-state index < -0.39 is 55.4 Å². The number of ether oxygens (including phenoxy) is 3. The zero-order chi connectivity index (χ0) is 21.5. The van der Waals surface area contributed by atoms with Gasteiger partial charge in [0, 0.05) is 19.4 Å². The van der Waals surface area contributed by atoms with Gasteiger partial charge in [-0.15, -0.1) is 0 Å². The highest BCUT2D eigenvalue weighted by molar-refractivity contribution is 5.87. The van der Waals surface area contributed by atoms with Crippen molar-refractivity contribution < 1.29 is 54.5 Å². The quantitative estimate of drug-likeness (QED) is 0.169. The maximum absolute atomic E-state index is 13.4. The van der Waals surface area contributed by atoms with E-state index in [1.165, 1.54) is 0 Å². The Morgan fingerprint density at radius 2 is 1.59 bits per heavy atom. The van der Waals surface area contributed by atoms with E-state index in [2.05, 4.69) is 20.8 Å². The Kier molecular flexibility index (Phi) is 8.74. The van der Waals surface area contributed by atoms with Gasteiger partial charge in [0.05, 0.1) is 13.2 Å². The van der Waals surface area contributed by atoms with Crippen molar-refractivity contribution in [3.05, 3.63) is 12.7 Å². The zero-order valence-corrected chi connectivity index (χ0v) is 14.5. The summed E-state index contributed by atoms with van der Waals surface area (Å²) in [5.74, 6) is -17.7. The molecule has 0 aromatic heterocycles. The molecule has 0 aliphatic heterocycles. The Morgan fingerprint density at radius 1 is 1.04 bits per heavy atom. The van der Waals surface area contributed by atoms with E-state index in [9.17, 15) is 40.3 Å². The molecule has 0 spiro atoms. The van der Waals surface area contributed by atoms with Crippen LogP contribution in [0, 0.1) is 0 Å². The minimum atomic E-state index is -5.75. The van der Waals surface area contributed by atoms with Crippen molar-refractivity contribution in [3.63, 3.8) is 0 Å². The molecule has 0 aliphatic carbocycles. The van der Waals surface area contributed by atoms with Crippen molar-refractivity contribution in [2.24, 2.45) is 0 Å². The van der Waals surface area contributed by atoms with E-state index in [0.29, 0.717) is 6.42 Å². The lowest BCUT2D eigenvalue weighted by Crippen LogP contribution is -2.58. The van der Waals surface area contributed by atoms with E-state index in [4.69, 9.17) is 0 Å². The molecule has 0 fully saturated rings. The Morgan fingerprint density at radius 3 is 2.00 bits per heavy atom. The molecular formula is C15H19F7O5. The van der Waals surface area contributed by atoms with Crippen LogP contribution in [0.1, 0.15) is 33.1 Å². The molecule has 5 nitrogen and oxygen atoms in total. The van der Waals surface area contributed by atoms with E-state index in [1.54, 1.807) is 6.92 Å². The minimum absolute atomic E-state index is 0.138. The van der Waals surface area contributed by atoms with Crippen LogP contribution in [-0.4, -0.2) is 49.0 Å². The summed E-state index contributed by atoms with van der Waals surface area (Å²) >= 11 is 0. The van der Waals surface area contributed by atoms with Crippen molar-refractivity contribution in [1.29, 1.82) is 0 Å². The second-order valence-electron chi connectivity index (χ2n) is 5.42. The van der Waals surface area contributed by atoms with Gasteiger partial charge in [-0.25, -0.2) is 18.4 Å². The molecule has 0 aromatic carbocycles. The van der Waals surface area contributed by atoms with Crippen molar-refractivity contribution >= 4 is 11.9 Å². The lowest BCUT2D eigenvalue weighted by Gasteiger charge is -2.32. The molecule has 0 aromatic rings. The Bertz CT molecular complexity index is 528. The molecule has 0 saturated heterocycles. The summed E-state index contributed by atoms with van der Waals surface area (Å²) in [5, 5.41) is 0. The van der Waals surface area contributed by atoms with Crippen LogP contribution in [0.4, 0.5) is 30.7 Å². The molecule has 0 heterocycles. The average Bonchev–Trinajstić information content (AvgIpc) is 2.51. The third kappa shape index (κ3) is 6.67. The maximum Gasteiger partial charge on any atom is 0.468 e. The number of rotatable bonds is 11. The monoisotopic (exact) mass is 412 g/mol. The fourth-order valence-corrected chi connectivity index (χ4v) is 1.52. The minimum Gasteiger partial charge on any atom is -0.461 e. The lowest BCUT2D eigenvalue weighted by molar-refractivity contribution is -0.357. The summed E-state index contributed by atoms with van der Waals surface area (Å²) < 4.78 is 105. The normalized spacial score (nSPS) is 15.0. The Balaban J connectivity index is 5.63. The molecule has 0 bridgehead atoms. The molecule has 12 heteroatoms. The van der Waals surface area contributed by atoms with Crippen LogP contribution in [0.2, 0.25) is 0 Å². The highest BCUT2D eigenvalue weighted by Crippen LogP contribution is 2.40. The third-order valence-electron chi connectivity index (χ3n) is 3.15. The molecular weight excluding hydrogens is 393 g/mol. The van der Waals surface area contributed by atoms with E-state index in [1.807, 2.05) is 0 Å². The van der Waals surface area contributed by atoms with Gasteiger partial charge in [-0.1, -0.05) is 19.9 Å². The molecule has 0 rings (SSSR count). The number of carbonyl (C=O) groups excluding carboxylic acids is 2. The third-order valence-corrected chi connectivity index (χ3v) is 3.15. The van der Waals surface area contributed by atoms with Crippen LogP contribution in [0.3, 0.4) is 0 Å². The van der Waals surface area contributed by atoms with E-state index in [0.717, 1.165) is 0 Å². The largest absolute Gasteiger partial charge is 0.468 e. The second kappa shape index (κ2) is 9.38. The highest BCUT2D eigenvalue weighted by atomic mass is 19.4. The van der Waals surface area contributed by atoms with E-state index >= 15 is 0 Å². The van der Waals surface area contributed by atoms with Crippen LogP contribution >= 0.6 is 0 Å². The van der Waals surface area contributed by atoms with Crippen LogP contribution < -0.4 is 0 Å². The summed E-state index contributed by atoms with van der Waals surface area (Å²) in [6.07, 6.45) is -6.80. The van der Waals surface area contributed by atoms with Gasteiger partial charge in [-0.2, -0.15) is 22.0 Å². The molecule has 27 heavy (non-hydrogen) atoms. The van der Waals surface area contributed by atoms with Crippen LogP contribution in [0.25, 0.3) is 0 Å². The van der Waals surface area contributed by atoms with Crippen molar-refractivity contribution in [2.75, 3.05) is 13.2 Å². The first-order valence-electron chi connectivity index (χ1n) is 7.63. The first kappa shape index (κ1) is 25.1. The average molecular weight is 412 g/mol. The summed E-state index contributed by atoms with van der Waals surface area (Å²) in [7, 11) is 0. The SMILES string of the molecule is C=CC(=O)OC(OCCC(F)(F)C(C)(F)F)(C(=O)OCCCC)C(F)(F)F. The van der Waals surface area contributed by atoms with Crippen molar-refractivity contribution in [2.45, 2.75) is 56.9 Å². The topological polar surface area (TPSA) is 61.8 Å². The molecule has 0 N–H and O–H groups in total. The molecule has 0 aliphatic rings. The number of hydrogen-bond donors (Lipinski definition) is 0. The van der Waals surface area contributed by atoms with E-state index in [-0.39, 0.29) is 19.4 Å². The van der Waals surface area contributed by atoms with Gasteiger partial charge in [0.15, 0.2) is 0 Å². The highest BCUT2D eigenvalue weighted by Gasteiger charge is 2.68. The molecule has 0 amide bonds. The molecule has 1 atom stereocenters. The van der Waals surface area contributed by atoms with Gasteiger partial charge in [-0.3, -0.25) is 0 Å². The number of unbranched alkanes of at least 4 members (excludes halogenated alkanes) is 1. The predicted molar refractivity (Wildman–Crippen MR) is 77.1 cm³/mol. The first-order chi connectivity index (χ1) is 12.1. The fraction of sp³-hybridized carbons (Fsp3) is 0.733. The van der Waals surface area contributed by atoms with Gasteiger partial charge < -0.3 is 14.2 Å². The summed E-state index contributed by atoms with van der Waals surface area (Å²) in [4.78, 5) is 23.1. The summed E-state index contributed by atoms with van der Waals surface area (Å²) in [6, 6.07) is 0. The second-order valence-corrected chi connectivity index (χ2v) is 5.42. The van der Waals surface area contributed by atoms with Gasteiger partial charge in [0.2, 0.25) is 0 Å². The maximum atomic E-state index is 13.4. The smallest absolute Gasteiger partial charge is 0.461 e. The number of esters is 2. The van der Waals surface area contributed by atoms with Crippen molar-refractivity contribution in [1.82, 2.24) is 0 Å². The number of alkyl halides is 7. The lowest BCUT2D eigenvalue weighted by atomic mass is 10.1. The molecule has 0 saturated carbocycles. The first-order valence-corrected chi connectivity index (χ1v) is 7.63. The number of carbonyl (C=O) groups is 2. The summed E-state index contributed by atoms with van der Waals surface area (Å²) in [5.41, 5.74) is 0. The fourth-order valence-electron chi connectivity index (χ4n) is 1.52. The molecule has 1 unspecified atom stereocenters. The standard InChI is InChI=1S/C15H19F7O5/c1-4-6-8-25-11(24)14(15(20,21)22,27-10(23)5-2)26-9-7-13(18,19)12(3,16)17/h5H,2,4,6-9H2,1,3H3. The predicted octanol–water partition coefficient (Wildman–Crippen LogP) is 4.01. The Labute approximate surface area is 150 Å². The number of hydrogen-bond acceptors (Lipinski definition) is 5. The Hall–Kier alpha value is -1.85. The van der Waals surface area contributed by atoms with Crippen LogP contribution in [-0.2, 0) is 23.8 Å². The molecule has 158 valence electrons. The van der Waals surface area contributed by atoms with Gasteiger partial charge >= 0.3 is 35.7 Å².